The van der Waals surface area contributed by atoms with Gasteiger partial charge in [-0.05, 0) is 6.26 Å². The first-order chi connectivity index (χ1) is 5.95. The van der Waals surface area contributed by atoms with Crippen LogP contribution in [-0.2, 0) is 6.18 Å². The summed E-state index contributed by atoms with van der Waals surface area (Å²) in [5, 5.41) is 6.28. The molecule has 0 aromatic carbocycles. The Kier molecular flexibility index (Phi) is 2.60. The number of halogens is 3. The lowest BCUT2D eigenvalue weighted by Gasteiger charge is -2.06. The second kappa shape index (κ2) is 3.36. The summed E-state index contributed by atoms with van der Waals surface area (Å²) in [5.74, 6) is -0.646. The summed E-state index contributed by atoms with van der Waals surface area (Å²) in [4.78, 5) is 3.41. The highest BCUT2D eigenvalue weighted by atomic mass is 32.2. The van der Waals surface area contributed by atoms with E-state index in [0.717, 1.165) is 11.8 Å². The van der Waals surface area contributed by atoms with Crippen molar-refractivity contribution in [3.63, 3.8) is 0 Å². The van der Waals surface area contributed by atoms with E-state index >= 15 is 0 Å². The van der Waals surface area contributed by atoms with Crippen molar-refractivity contribution in [2.24, 2.45) is 0 Å². The molecule has 1 aromatic rings. The molecule has 0 amide bonds. The number of nitrogen functional groups attached to an aromatic ring is 1. The number of alkyl halides is 3. The predicted molar refractivity (Wildman–Crippen MR) is 41.0 cm³/mol. The van der Waals surface area contributed by atoms with E-state index < -0.39 is 17.7 Å². The Bertz CT molecular complexity index is 313. The van der Waals surface area contributed by atoms with Crippen LogP contribution in [0.1, 0.15) is 5.69 Å². The molecule has 0 fully saturated rings. The first kappa shape index (κ1) is 10.0. The van der Waals surface area contributed by atoms with E-state index in [-0.39, 0.29) is 5.16 Å². The fraction of sp³-hybridized carbons (Fsp3) is 0.400. The van der Waals surface area contributed by atoms with Crippen molar-refractivity contribution in [3.8, 4) is 0 Å². The van der Waals surface area contributed by atoms with Crippen LogP contribution >= 0.6 is 11.8 Å². The van der Waals surface area contributed by atoms with Gasteiger partial charge >= 0.3 is 6.18 Å². The lowest BCUT2D eigenvalue weighted by molar-refractivity contribution is -0.141. The van der Waals surface area contributed by atoms with Crippen LogP contribution in [0.5, 0.6) is 0 Å². The normalized spacial score (nSPS) is 11.7. The average molecular weight is 210 g/mol. The third kappa shape index (κ3) is 2.20. The van der Waals surface area contributed by atoms with Crippen molar-refractivity contribution >= 4 is 17.6 Å². The van der Waals surface area contributed by atoms with Crippen LogP contribution in [0.4, 0.5) is 19.0 Å². The summed E-state index contributed by atoms with van der Waals surface area (Å²) < 4.78 is 36.2. The van der Waals surface area contributed by atoms with Crippen molar-refractivity contribution in [1.29, 1.82) is 0 Å². The summed E-state index contributed by atoms with van der Waals surface area (Å²) in [7, 11) is 0. The molecule has 13 heavy (non-hydrogen) atoms. The maximum Gasteiger partial charge on any atom is 0.438 e. The molecule has 0 aliphatic rings. The van der Waals surface area contributed by atoms with Gasteiger partial charge in [-0.2, -0.15) is 13.2 Å². The number of nitrogens with two attached hydrogens (primary N) is 1. The van der Waals surface area contributed by atoms with Crippen LogP contribution in [0.25, 0.3) is 0 Å². The van der Waals surface area contributed by atoms with Crippen LogP contribution in [0.2, 0.25) is 0 Å². The van der Waals surface area contributed by atoms with Crippen LogP contribution in [0, 0.1) is 0 Å². The number of anilines is 1. The molecule has 0 unspecified atom stereocenters. The molecule has 0 atom stereocenters. The Hall–Kier alpha value is -1.05. The Morgan fingerprint density at radius 2 is 1.92 bits per heavy atom. The average Bonchev–Trinajstić information content (AvgIpc) is 2.01. The minimum Gasteiger partial charge on any atom is -0.382 e. The molecular weight excluding hydrogens is 205 g/mol. The molecule has 1 aromatic heterocycles. The van der Waals surface area contributed by atoms with Crippen LogP contribution < -0.4 is 5.73 Å². The summed E-state index contributed by atoms with van der Waals surface area (Å²) in [6.07, 6.45) is -2.98. The molecule has 0 saturated carbocycles. The van der Waals surface area contributed by atoms with Gasteiger partial charge in [0.15, 0.2) is 5.82 Å². The molecular formula is C5H5F3N4S. The van der Waals surface area contributed by atoms with Crippen molar-refractivity contribution in [2.75, 3.05) is 12.0 Å². The zero-order valence-electron chi connectivity index (χ0n) is 6.46. The van der Waals surface area contributed by atoms with Gasteiger partial charge in [-0.1, -0.05) is 11.8 Å². The predicted octanol–water partition coefficient (Wildman–Crippen LogP) is 1.19. The van der Waals surface area contributed by atoms with Gasteiger partial charge in [-0.15, -0.1) is 10.2 Å². The van der Waals surface area contributed by atoms with E-state index in [0.29, 0.717) is 0 Å². The van der Waals surface area contributed by atoms with Crippen molar-refractivity contribution in [2.45, 2.75) is 11.3 Å². The van der Waals surface area contributed by atoms with Gasteiger partial charge in [0.2, 0.25) is 10.9 Å². The Morgan fingerprint density at radius 3 is 2.31 bits per heavy atom. The van der Waals surface area contributed by atoms with Crippen LogP contribution in [-0.4, -0.2) is 21.4 Å². The molecule has 8 heteroatoms. The molecule has 0 aliphatic carbocycles. The highest BCUT2D eigenvalue weighted by Gasteiger charge is 2.36. The van der Waals surface area contributed by atoms with E-state index in [4.69, 9.17) is 5.73 Å². The molecule has 0 bridgehead atoms. The Labute approximate surface area is 75.7 Å². The number of nitrogens with zero attached hydrogens (tertiary/aromatic N) is 3. The smallest absolute Gasteiger partial charge is 0.382 e. The van der Waals surface area contributed by atoms with Gasteiger partial charge < -0.3 is 5.73 Å². The Balaban J connectivity index is 3.13. The zero-order valence-corrected chi connectivity index (χ0v) is 7.28. The molecule has 0 saturated heterocycles. The third-order valence-electron chi connectivity index (χ3n) is 1.15. The van der Waals surface area contributed by atoms with E-state index in [2.05, 4.69) is 15.2 Å². The van der Waals surface area contributed by atoms with E-state index in [1.807, 2.05) is 0 Å². The minimum atomic E-state index is -4.60. The SMILES string of the molecule is CSc1nnc(C(F)(F)F)c(N)n1. The largest absolute Gasteiger partial charge is 0.438 e. The van der Waals surface area contributed by atoms with Crippen molar-refractivity contribution in [3.05, 3.63) is 5.69 Å². The summed E-state index contributed by atoms with van der Waals surface area (Å²) in [6.45, 7) is 0. The van der Waals surface area contributed by atoms with Gasteiger partial charge in [0.05, 0.1) is 0 Å². The summed E-state index contributed by atoms with van der Waals surface area (Å²) >= 11 is 1.07. The fourth-order valence-electron chi connectivity index (χ4n) is 0.611. The van der Waals surface area contributed by atoms with Crippen molar-refractivity contribution < 1.29 is 13.2 Å². The zero-order chi connectivity index (χ0) is 10.1. The Morgan fingerprint density at radius 1 is 1.31 bits per heavy atom. The number of hydrogen-bond donors (Lipinski definition) is 1. The lowest BCUT2D eigenvalue weighted by atomic mass is 10.4. The molecule has 2 N–H and O–H groups in total. The van der Waals surface area contributed by atoms with Crippen molar-refractivity contribution in [1.82, 2.24) is 15.2 Å². The molecule has 0 radical (unpaired) electrons. The van der Waals surface area contributed by atoms with Gasteiger partial charge in [-0.25, -0.2) is 4.98 Å². The first-order valence-electron chi connectivity index (χ1n) is 3.06. The summed E-state index contributed by atoms with van der Waals surface area (Å²) in [5.41, 5.74) is 3.79. The standard InChI is InChI=1S/C5H5F3N4S/c1-13-4-10-3(9)2(11-12-4)5(6,7)8/h1H3,(H2,9,10,12). The van der Waals surface area contributed by atoms with Crippen LogP contribution in [0.3, 0.4) is 0 Å². The third-order valence-corrected chi connectivity index (χ3v) is 1.68. The fourth-order valence-corrected chi connectivity index (χ4v) is 0.923. The molecule has 1 rings (SSSR count). The quantitative estimate of drug-likeness (QED) is 0.705. The summed E-state index contributed by atoms with van der Waals surface area (Å²) in [6, 6.07) is 0. The highest BCUT2D eigenvalue weighted by Crippen LogP contribution is 2.30. The molecule has 72 valence electrons. The van der Waals surface area contributed by atoms with Gasteiger partial charge in [0.1, 0.15) is 0 Å². The molecule has 1 heterocycles. The minimum absolute atomic E-state index is 0.116. The topological polar surface area (TPSA) is 64.7 Å². The maximum absolute atomic E-state index is 12.1. The lowest BCUT2D eigenvalue weighted by Crippen LogP contribution is -2.14. The second-order valence-corrected chi connectivity index (χ2v) is 2.80. The van der Waals surface area contributed by atoms with Gasteiger partial charge in [0.25, 0.3) is 0 Å². The van der Waals surface area contributed by atoms with Gasteiger partial charge in [0, 0.05) is 0 Å². The highest BCUT2D eigenvalue weighted by molar-refractivity contribution is 7.98. The molecule has 0 aliphatic heterocycles. The number of thioether (sulfide) groups is 1. The molecule has 4 nitrogen and oxygen atoms in total. The van der Waals surface area contributed by atoms with E-state index in [1.54, 1.807) is 6.26 Å². The van der Waals surface area contributed by atoms with E-state index in [1.165, 1.54) is 0 Å². The number of hydrogen-bond acceptors (Lipinski definition) is 5. The monoisotopic (exact) mass is 210 g/mol. The second-order valence-electron chi connectivity index (χ2n) is 2.03. The number of rotatable bonds is 1. The first-order valence-corrected chi connectivity index (χ1v) is 4.29. The molecule has 0 spiro atoms. The number of aromatic nitrogens is 3. The van der Waals surface area contributed by atoms with E-state index in [9.17, 15) is 13.2 Å². The van der Waals surface area contributed by atoms with Gasteiger partial charge in [-0.3, -0.25) is 0 Å². The van der Waals surface area contributed by atoms with Crippen LogP contribution in [0.15, 0.2) is 5.16 Å². The maximum atomic E-state index is 12.1.